The molecule has 3 unspecified atom stereocenters. The molecule has 2 rings (SSSR count). The predicted molar refractivity (Wildman–Crippen MR) is 92.2 cm³/mol. The van der Waals surface area contributed by atoms with Gasteiger partial charge in [0.25, 0.3) is 0 Å². The molecule has 1 aliphatic rings. The second-order valence-electron chi connectivity index (χ2n) is 7.86. The fourth-order valence-corrected chi connectivity index (χ4v) is 3.19. The van der Waals surface area contributed by atoms with Crippen molar-refractivity contribution in [3.05, 3.63) is 29.8 Å². The molecule has 0 aromatic heterocycles. The first-order valence-electron chi connectivity index (χ1n) is 8.64. The summed E-state index contributed by atoms with van der Waals surface area (Å²) in [4.78, 5) is 1.38. The molecule has 0 aliphatic carbocycles. The van der Waals surface area contributed by atoms with Crippen LogP contribution in [0.15, 0.2) is 24.3 Å². The molecule has 0 radical (unpaired) electrons. The zero-order chi connectivity index (χ0) is 17.0. The van der Waals surface area contributed by atoms with Gasteiger partial charge in [0.15, 0.2) is 0 Å². The van der Waals surface area contributed by atoms with Crippen LogP contribution in [-0.4, -0.2) is 49.7 Å². The van der Waals surface area contributed by atoms with Crippen molar-refractivity contribution in [3.8, 4) is 5.75 Å². The van der Waals surface area contributed by atoms with Gasteiger partial charge >= 0.3 is 0 Å². The van der Waals surface area contributed by atoms with Gasteiger partial charge in [0, 0.05) is 0 Å². The SMILES string of the molecule is CC1C[NH+](CC(O)COc2ccc(C(C)(C)C)cc2)CC(C)O1. The van der Waals surface area contributed by atoms with Gasteiger partial charge in [-0.05, 0) is 37.0 Å². The highest BCUT2D eigenvalue weighted by atomic mass is 16.5. The summed E-state index contributed by atoms with van der Waals surface area (Å²) in [6, 6.07) is 8.16. The smallest absolute Gasteiger partial charge is 0.137 e. The van der Waals surface area contributed by atoms with Crippen LogP contribution in [0.5, 0.6) is 5.75 Å². The molecule has 1 saturated heterocycles. The van der Waals surface area contributed by atoms with E-state index >= 15 is 0 Å². The van der Waals surface area contributed by atoms with E-state index in [0.29, 0.717) is 13.2 Å². The quantitative estimate of drug-likeness (QED) is 0.861. The Morgan fingerprint density at radius 2 is 1.74 bits per heavy atom. The van der Waals surface area contributed by atoms with Gasteiger partial charge in [-0.25, -0.2) is 0 Å². The molecule has 130 valence electrons. The Hall–Kier alpha value is -1.10. The lowest BCUT2D eigenvalue weighted by Gasteiger charge is -2.33. The van der Waals surface area contributed by atoms with Crippen LogP contribution in [0.2, 0.25) is 0 Å². The van der Waals surface area contributed by atoms with Crippen molar-refractivity contribution in [2.45, 2.75) is 58.3 Å². The van der Waals surface area contributed by atoms with Gasteiger partial charge in [0.2, 0.25) is 0 Å². The molecule has 0 saturated carbocycles. The molecule has 1 fully saturated rings. The van der Waals surface area contributed by atoms with Crippen molar-refractivity contribution >= 4 is 0 Å². The maximum Gasteiger partial charge on any atom is 0.137 e. The summed E-state index contributed by atoms with van der Waals surface area (Å²) in [5.41, 5.74) is 1.43. The second kappa shape index (κ2) is 7.65. The van der Waals surface area contributed by atoms with Crippen LogP contribution >= 0.6 is 0 Å². The number of aliphatic hydroxyl groups excluding tert-OH is 1. The Morgan fingerprint density at radius 3 is 2.26 bits per heavy atom. The average molecular weight is 322 g/mol. The third-order valence-corrected chi connectivity index (χ3v) is 4.30. The third kappa shape index (κ3) is 5.79. The van der Waals surface area contributed by atoms with E-state index in [0.717, 1.165) is 18.8 Å². The van der Waals surface area contributed by atoms with E-state index in [1.807, 2.05) is 12.1 Å². The molecule has 0 amide bonds. The molecule has 3 atom stereocenters. The first-order valence-corrected chi connectivity index (χ1v) is 8.64. The highest BCUT2D eigenvalue weighted by Gasteiger charge is 2.27. The zero-order valence-corrected chi connectivity index (χ0v) is 15.1. The molecular formula is C19H32NO3+. The Bertz CT molecular complexity index is 470. The molecule has 1 aliphatic heterocycles. The Morgan fingerprint density at radius 1 is 1.17 bits per heavy atom. The summed E-state index contributed by atoms with van der Waals surface area (Å²) in [7, 11) is 0. The number of quaternary nitrogens is 1. The highest BCUT2D eigenvalue weighted by molar-refractivity contribution is 5.31. The molecule has 23 heavy (non-hydrogen) atoms. The molecule has 0 bridgehead atoms. The van der Waals surface area contributed by atoms with E-state index in [4.69, 9.17) is 9.47 Å². The molecule has 2 N–H and O–H groups in total. The molecule has 1 aromatic rings. The largest absolute Gasteiger partial charge is 0.491 e. The molecule has 4 nitrogen and oxygen atoms in total. The Balaban J connectivity index is 1.79. The topological polar surface area (TPSA) is 43.1 Å². The summed E-state index contributed by atoms with van der Waals surface area (Å²) < 4.78 is 11.5. The fourth-order valence-electron chi connectivity index (χ4n) is 3.19. The van der Waals surface area contributed by atoms with Crippen LogP contribution in [0.25, 0.3) is 0 Å². The van der Waals surface area contributed by atoms with E-state index in [1.54, 1.807) is 0 Å². The van der Waals surface area contributed by atoms with Crippen molar-refractivity contribution in [2.24, 2.45) is 0 Å². The minimum atomic E-state index is -0.454. The van der Waals surface area contributed by atoms with Gasteiger partial charge in [-0.15, -0.1) is 0 Å². The van der Waals surface area contributed by atoms with Crippen LogP contribution in [0.3, 0.4) is 0 Å². The summed E-state index contributed by atoms with van der Waals surface area (Å²) >= 11 is 0. The van der Waals surface area contributed by atoms with E-state index in [-0.39, 0.29) is 17.6 Å². The molecule has 4 heteroatoms. The monoisotopic (exact) mass is 322 g/mol. The second-order valence-corrected chi connectivity index (χ2v) is 7.86. The van der Waals surface area contributed by atoms with E-state index in [2.05, 4.69) is 46.8 Å². The number of morpholine rings is 1. The minimum absolute atomic E-state index is 0.144. The lowest BCUT2D eigenvalue weighted by Crippen LogP contribution is -3.16. The minimum Gasteiger partial charge on any atom is -0.491 e. The molecule has 1 aromatic carbocycles. The van der Waals surface area contributed by atoms with E-state index < -0.39 is 6.10 Å². The maximum absolute atomic E-state index is 10.2. The fraction of sp³-hybridized carbons (Fsp3) is 0.684. The first-order chi connectivity index (χ1) is 10.7. The summed E-state index contributed by atoms with van der Waals surface area (Å²) in [5.74, 6) is 0.816. The van der Waals surface area contributed by atoms with Gasteiger partial charge < -0.3 is 19.5 Å². The number of rotatable bonds is 5. The number of aliphatic hydroxyl groups is 1. The summed E-state index contributed by atoms with van der Waals surface area (Å²) in [6.45, 7) is 13.7. The van der Waals surface area contributed by atoms with E-state index in [1.165, 1.54) is 10.5 Å². The van der Waals surface area contributed by atoms with Crippen LogP contribution in [0.1, 0.15) is 40.2 Å². The summed E-state index contributed by atoms with van der Waals surface area (Å²) in [5, 5.41) is 10.2. The van der Waals surface area contributed by atoms with Gasteiger partial charge in [-0.2, -0.15) is 0 Å². The van der Waals surface area contributed by atoms with Crippen LogP contribution < -0.4 is 9.64 Å². The summed E-state index contributed by atoms with van der Waals surface area (Å²) in [6.07, 6.45) is 0.0587. The highest BCUT2D eigenvalue weighted by Crippen LogP contribution is 2.24. The van der Waals surface area contributed by atoms with Crippen molar-refractivity contribution in [3.63, 3.8) is 0 Å². The first kappa shape index (κ1) is 18.2. The number of hydrogen-bond acceptors (Lipinski definition) is 3. The van der Waals surface area contributed by atoms with Crippen LogP contribution in [0.4, 0.5) is 0 Å². The van der Waals surface area contributed by atoms with Crippen LogP contribution in [0, 0.1) is 0 Å². The number of hydrogen-bond donors (Lipinski definition) is 2. The average Bonchev–Trinajstić information content (AvgIpc) is 2.43. The van der Waals surface area contributed by atoms with Crippen molar-refractivity contribution < 1.29 is 19.5 Å². The van der Waals surface area contributed by atoms with Crippen molar-refractivity contribution in [1.82, 2.24) is 0 Å². The zero-order valence-electron chi connectivity index (χ0n) is 15.1. The Labute approximate surface area is 140 Å². The maximum atomic E-state index is 10.2. The standard InChI is InChI=1S/C19H31NO3/c1-14-10-20(11-15(2)23-14)12-17(21)13-22-18-8-6-16(7-9-18)19(3,4)5/h6-9,14-15,17,21H,10-13H2,1-5H3/p+1. The van der Waals surface area contributed by atoms with Gasteiger partial charge in [-0.1, -0.05) is 32.9 Å². The molecular weight excluding hydrogens is 290 g/mol. The normalized spacial score (nSPS) is 26.8. The number of nitrogens with one attached hydrogen (secondary N) is 1. The van der Waals surface area contributed by atoms with Crippen LogP contribution in [-0.2, 0) is 10.2 Å². The number of ether oxygens (including phenoxy) is 2. The van der Waals surface area contributed by atoms with E-state index in [9.17, 15) is 5.11 Å². The van der Waals surface area contributed by atoms with Crippen molar-refractivity contribution in [1.29, 1.82) is 0 Å². The van der Waals surface area contributed by atoms with Gasteiger partial charge in [-0.3, -0.25) is 0 Å². The molecule has 1 heterocycles. The van der Waals surface area contributed by atoms with Gasteiger partial charge in [0.1, 0.15) is 50.3 Å². The predicted octanol–water partition coefficient (Wildman–Crippen LogP) is 1.42. The number of benzene rings is 1. The molecule has 0 spiro atoms. The third-order valence-electron chi connectivity index (χ3n) is 4.30. The Kier molecular flexibility index (Phi) is 6.06. The lowest BCUT2D eigenvalue weighted by atomic mass is 9.87. The lowest BCUT2D eigenvalue weighted by molar-refractivity contribution is -0.918. The van der Waals surface area contributed by atoms with Gasteiger partial charge in [0.05, 0.1) is 0 Å². The van der Waals surface area contributed by atoms with Crippen molar-refractivity contribution in [2.75, 3.05) is 26.2 Å².